The molecule has 16 nitrogen and oxygen atoms in total. The highest BCUT2D eigenvalue weighted by Gasteiger charge is 2.44. The maximum Gasteiger partial charge on any atom is 0.255 e. The molecule has 17 heteroatoms. The van der Waals surface area contributed by atoms with Crippen LogP contribution in [0.1, 0.15) is 74.6 Å². The van der Waals surface area contributed by atoms with Gasteiger partial charge < -0.3 is 41.6 Å². The van der Waals surface area contributed by atoms with Gasteiger partial charge in [0.15, 0.2) is 0 Å². The Morgan fingerprint density at radius 1 is 0.826 bits per heavy atom. The minimum Gasteiger partial charge on any atom is -0.391 e. The monoisotopic (exact) mass is 946 g/mol. The Balaban J connectivity index is 0.809. The number of nitrogens with zero attached hydrogens (tertiary/aromatic N) is 4. The molecule has 0 bridgehead atoms. The first-order valence-corrected chi connectivity index (χ1v) is 23.5. The number of amides is 5. The van der Waals surface area contributed by atoms with Gasteiger partial charge in [0.25, 0.3) is 5.91 Å². The summed E-state index contributed by atoms with van der Waals surface area (Å²) in [5.41, 5.74) is 8.64. The second-order valence-corrected chi connectivity index (χ2v) is 19.1. The molecular formula is C52H54N10O6S. The Labute approximate surface area is 403 Å². The van der Waals surface area contributed by atoms with Crippen molar-refractivity contribution >= 4 is 74.7 Å². The quantitative estimate of drug-likeness (QED) is 0.0523. The van der Waals surface area contributed by atoms with Crippen LogP contribution in [0, 0.1) is 12.3 Å². The van der Waals surface area contributed by atoms with Crippen molar-refractivity contribution in [3.63, 3.8) is 0 Å². The second kappa shape index (κ2) is 20.6. The Hall–Kier alpha value is -7.76. The van der Waals surface area contributed by atoms with Crippen LogP contribution in [0.5, 0.6) is 0 Å². The fourth-order valence-corrected chi connectivity index (χ4v) is 9.10. The Kier molecular flexibility index (Phi) is 14.3. The van der Waals surface area contributed by atoms with E-state index in [0.717, 1.165) is 43.9 Å². The molecule has 1 aliphatic rings. The smallest absolute Gasteiger partial charge is 0.255 e. The number of hydrogen-bond donors (Lipinski definition) is 7. The van der Waals surface area contributed by atoms with E-state index in [1.165, 1.54) is 11.2 Å². The van der Waals surface area contributed by atoms with Crippen molar-refractivity contribution in [3.05, 3.63) is 138 Å². The number of rotatable bonds is 15. The first-order chi connectivity index (χ1) is 33.1. The fraction of sp³-hybridized carbons (Fsp3) is 0.269. The zero-order chi connectivity index (χ0) is 48.8. The van der Waals surface area contributed by atoms with Crippen LogP contribution in [0.25, 0.3) is 32.6 Å². The number of hydrogen-bond acceptors (Lipinski definition) is 11. The van der Waals surface area contributed by atoms with Crippen LogP contribution in [0.4, 0.5) is 22.9 Å². The molecule has 3 aromatic heterocycles. The zero-order valence-corrected chi connectivity index (χ0v) is 39.7. The van der Waals surface area contributed by atoms with Gasteiger partial charge in [0.2, 0.25) is 23.6 Å². The van der Waals surface area contributed by atoms with Crippen molar-refractivity contribution < 1.29 is 29.1 Å². The number of thiazole rings is 1. The van der Waals surface area contributed by atoms with Gasteiger partial charge in [-0.3, -0.25) is 24.0 Å². The number of aromatic amines is 1. The van der Waals surface area contributed by atoms with E-state index in [1.54, 1.807) is 74.0 Å². The predicted molar refractivity (Wildman–Crippen MR) is 268 cm³/mol. The SMILES string of the molecule is Cc1ncsc1-c1ccc(C(C)NC(=O)C2CC(O)CN2C(=O)C(NC(=O)CCC(=O)Nc2ccc(C(=O)Nc3cccc(Nc4cc(-c5c[nH]c6ccccc56)ncn4)c3)cc2)C(C)(C)C)cc1. The number of anilines is 4. The number of H-pyrrole nitrogens is 1. The maximum absolute atomic E-state index is 14.1. The summed E-state index contributed by atoms with van der Waals surface area (Å²) in [6, 6.07) is 28.9. The summed E-state index contributed by atoms with van der Waals surface area (Å²) in [6.45, 7) is 9.14. The average molecular weight is 947 g/mol. The molecule has 7 aromatic rings. The molecule has 0 aliphatic carbocycles. The molecule has 4 aromatic carbocycles. The standard InChI is InChI=1S/C52H54N10O6S/c1-30(32-13-15-33(16-14-32)47-31(2)56-29-69-47)57-50(67)43-24-38(63)27-62(43)51(68)48(52(3,4)5)61-46(65)22-21-45(64)59-35-19-17-34(18-20-35)49(66)60-37-10-8-9-36(23-37)58-44-25-42(54-28-55-44)40-26-53-41-12-7-6-11-39(40)41/h6-20,23,25-26,28-30,38,43,48,53,63H,21-22,24,27H2,1-5H3,(H,57,67)(H,59,64)(H,60,66)(H,61,65)(H,54,55,58). The second-order valence-electron chi connectivity index (χ2n) is 18.2. The molecular weight excluding hydrogens is 893 g/mol. The molecule has 5 amide bonds. The van der Waals surface area contributed by atoms with Crippen LogP contribution < -0.4 is 26.6 Å². The molecule has 1 fully saturated rings. The summed E-state index contributed by atoms with van der Waals surface area (Å²) in [5.74, 6) is -1.65. The van der Waals surface area contributed by atoms with E-state index in [2.05, 4.69) is 46.5 Å². The Morgan fingerprint density at radius 2 is 1.57 bits per heavy atom. The first-order valence-electron chi connectivity index (χ1n) is 22.6. The molecule has 354 valence electrons. The highest BCUT2D eigenvalue weighted by Crippen LogP contribution is 2.31. The molecule has 4 heterocycles. The van der Waals surface area contributed by atoms with Crippen LogP contribution in [0.15, 0.2) is 121 Å². The number of carbonyl (C=O) groups excluding carboxylic acids is 5. The van der Waals surface area contributed by atoms with Gasteiger partial charge in [-0.1, -0.05) is 69.3 Å². The lowest BCUT2D eigenvalue weighted by Gasteiger charge is -2.35. The maximum atomic E-state index is 14.1. The molecule has 1 aliphatic heterocycles. The van der Waals surface area contributed by atoms with Crippen LogP contribution >= 0.6 is 11.3 Å². The molecule has 8 rings (SSSR count). The van der Waals surface area contributed by atoms with Crippen molar-refractivity contribution in [3.8, 4) is 21.7 Å². The van der Waals surface area contributed by atoms with Crippen molar-refractivity contribution in [1.82, 2.24) is 35.5 Å². The summed E-state index contributed by atoms with van der Waals surface area (Å²) < 4.78 is 0. The normalized spacial score (nSPS) is 15.5. The zero-order valence-electron chi connectivity index (χ0n) is 38.9. The minimum absolute atomic E-state index is 0.0525. The third-order valence-corrected chi connectivity index (χ3v) is 13.0. The van der Waals surface area contributed by atoms with Crippen LogP contribution in [-0.2, 0) is 19.2 Å². The minimum atomic E-state index is -1.05. The van der Waals surface area contributed by atoms with E-state index in [-0.39, 0.29) is 37.8 Å². The lowest BCUT2D eigenvalue weighted by Crippen LogP contribution is -2.57. The third kappa shape index (κ3) is 11.5. The van der Waals surface area contributed by atoms with Gasteiger partial charge >= 0.3 is 0 Å². The number of β-amino-alcohol motifs (C(OH)–C–C–N with tert-alkyl or cyclic N) is 1. The summed E-state index contributed by atoms with van der Waals surface area (Å²) in [7, 11) is 0. The summed E-state index contributed by atoms with van der Waals surface area (Å²) >= 11 is 1.56. The topological polar surface area (TPSA) is 223 Å². The van der Waals surface area contributed by atoms with Gasteiger partial charge in [-0.2, -0.15) is 0 Å². The van der Waals surface area contributed by atoms with E-state index in [0.29, 0.717) is 28.4 Å². The van der Waals surface area contributed by atoms with E-state index >= 15 is 0 Å². The number of aryl methyl sites for hydroxylation is 1. The average Bonchev–Trinajstić information content (AvgIpc) is 4.08. The molecule has 69 heavy (non-hydrogen) atoms. The van der Waals surface area contributed by atoms with Gasteiger partial charge in [0, 0.05) is 77.2 Å². The van der Waals surface area contributed by atoms with Gasteiger partial charge in [-0.05, 0) is 78.9 Å². The number of benzene rings is 4. The van der Waals surface area contributed by atoms with Crippen LogP contribution in [-0.4, -0.2) is 84.2 Å². The van der Waals surface area contributed by atoms with E-state index in [1.807, 2.05) is 86.8 Å². The van der Waals surface area contributed by atoms with E-state index in [4.69, 9.17) is 0 Å². The third-order valence-electron chi connectivity index (χ3n) is 12.0. The van der Waals surface area contributed by atoms with Crippen LogP contribution in [0.3, 0.4) is 0 Å². The molecule has 0 radical (unpaired) electrons. The number of aliphatic hydroxyl groups is 1. The molecule has 1 saturated heterocycles. The molecule has 0 saturated carbocycles. The molecule has 0 spiro atoms. The lowest BCUT2D eigenvalue weighted by atomic mass is 9.85. The largest absolute Gasteiger partial charge is 0.391 e. The number of carbonyl (C=O) groups is 5. The predicted octanol–water partition coefficient (Wildman–Crippen LogP) is 8.14. The number of nitrogens with one attached hydrogen (secondary N) is 6. The number of para-hydroxylation sites is 1. The molecule has 4 atom stereocenters. The van der Waals surface area contributed by atoms with Gasteiger partial charge in [-0.25, -0.2) is 15.0 Å². The van der Waals surface area contributed by atoms with E-state index in [9.17, 15) is 29.1 Å². The number of likely N-dealkylation sites (tertiary alicyclic amines) is 1. The summed E-state index contributed by atoms with van der Waals surface area (Å²) in [5, 5.41) is 26.5. The lowest BCUT2D eigenvalue weighted by molar-refractivity contribution is -0.144. The van der Waals surface area contributed by atoms with E-state index < -0.39 is 47.2 Å². The number of aromatic nitrogens is 4. The molecule has 7 N–H and O–H groups in total. The van der Waals surface area contributed by atoms with Crippen molar-refractivity contribution in [2.75, 3.05) is 22.5 Å². The van der Waals surface area contributed by atoms with Crippen LogP contribution in [0.2, 0.25) is 0 Å². The van der Waals surface area contributed by atoms with Crippen molar-refractivity contribution in [2.45, 2.75) is 78.1 Å². The Bertz CT molecular complexity index is 3000. The van der Waals surface area contributed by atoms with Gasteiger partial charge in [0.05, 0.1) is 33.9 Å². The highest BCUT2D eigenvalue weighted by molar-refractivity contribution is 7.13. The van der Waals surface area contributed by atoms with Gasteiger partial charge in [0.1, 0.15) is 24.2 Å². The Morgan fingerprint density at radius 3 is 2.30 bits per heavy atom. The highest BCUT2D eigenvalue weighted by atomic mass is 32.1. The fourth-order valence-electron chi connectivity index (χ4n) is 8.29. The number of aliphatic hydroxyl groups excluding tert-OH is 1. The summed E-state index contributed by atoms with van der Waals surface area (Å²) in [4.78, 5) is 86.2. The van der Waals surface area contributed by atoms with Crippen molar-refractivity contribution in [2.24, 2.45) is 5.41 Å². The first kappa shape index (κ1) is 47.7. The van der Waals surface area contributed by atoms with Crippen molar-refractivity contribution in [1.29, 1.82) is 0 Å². The summed E-state index contributed by atoms with van der Waals surface area (Å²) in [6.07, 6.45) is 2.15. The number of fused-ring (bicyclic) bond motifs is 1. The molecule has 4 unspecified atom stereocenters. The van der Waals surface area contributed by atoms with Gasteiger partial charge in [-0.15, -0.1) is 11.3 Å².